The van der Waals surface area contributed by atoms with Gasteiger partial charge in [-0.15, -0.1) is 0 Å². The van der Waals surface area contributed by atoms with Crippen molar-refractivity contribution in [1.82, 2.24) is 0 Å². The molecule has 0 saturated carbocycles. The maximum absolute atomic E-state index is 11.6. The molecule has 2 rings (SSSR count). The molecule has 1 unspecified atom stereocenters. The number of unbranched alkanes of at least 4 members (excludes halogenated alkanes) is 2. The van der Waals surface area contributed by atoms with Crippen LogP contribution in [-0.4, -0.2) is 24.3 Å². The summed E-state index contributed by atoms with van der Waals surface area (Å²) >= 11 is 0. The summed E-state index contributed by atoms with van der Waals surface area (Å²) in [7, 11) is 0. The zero-order valence-electron chi connectivity index (χ0n) is 20.4. The van der Waals surface area contributed by atoms with E-state index in [4.69, 9.17) is 4.74 Å². The molecule has 2 aromatic rings. The predicted molar refractivity (Wildman–Crippen MR) is 133 cm³/mol. The molecule has 0 spiro atoms. The van der Waals surface area contributed by atoms with Gasteiger partial charge >= 0.3 is 5.97 Å². The third kappa shape index (κ3) is 8.27. The molecule has 3 heteroatoms. The van der Waals surface area contributed by atoms with Crippen LogP contribution in [0.1, 0.15) is 66.5 Å². The first-order valence-corrected chi connectivity index (χ1v) is 11.9. The number of benzene rings is 2. The molecule has 3 nitrogen and oxygen atoms in total. The highest BCUT2D eigenvalue weighted by Gasteiger charge is 2.13. The summed E-state index contributed by atoms with van der Waals surface area (Å²) in [6.45, 7) is 12.0. The van der Waals surface area contributed by atoms with Crippen molar-refractivity contribution in [3.63, 3.8) is 0 Å². The van der Waals surface area contributed by atoms with Gasteiger partial charge in [-0.2, -0.15) is 0 Å². The van der Waals surface area contributed by atoms with Crippen LogP contribution in [0.4, 0.5) is 0 Å². The lowest BCUT2D eigenvalue weighted by atomic mass is 9.93. The zero-order valence-corrected chi connectivity index (χ0v) is 20.4. The van der Waals surface area contributed by atoms with E-state index in [9.17, 15) is 9.90 Å². The summed E-state index contributed by atoms with van der Waals surface area (Å²) in [5.41, 5.74) is 8.44. The van der Waals surface area contributed by atoms with E-state index in [1.807, 2.05) is 0 Å². The third-order valence-electron chi connectivity index (χ3n) is 6.13. The van der Waals surface area contributed by atoms with E-state index in [1.54, 1.807) is 6.92 Å². The Bertz CT molecular complexity index is 897. The number of esters is 1. The van der Waals surface area contributed by atoms with Gasteiger partial charge < -0.3 is 9.84 Å². The fourth-order valence-corrected chi connectivity index (χ4v) is 4.03. The van der Waals surface area contributed by atoms with Crippen LogP contribution in [0, 0.1) is 19.8 Å². The largest absolute Gasteiger partial charge is 0.462 e. The highest BCUT2D eigenvalue weighted by molar-refractivity contribution is 5.86. The Hall–Kier alpha value is -2.39. The van der Waals surface area contributed by atoms with Gasteiger partial charge in [0.2, 0.25) is 0 Å². The molecule has 0 bridgehead atoms. The third-order valence-corrected chi connectivity index (χ3v) is 6.13. The lowest BCUT2D eigenvalue weighted by Gasteiger charge is -2.16. The molecule has 0 aliphatic heterocycles. The number of aryl methyl sites for hydroxylation is 5. The molecular weight excluding hydrogens is 396 g/mol. The van der Waals surface area contributed by atoms with E-state index in [-0.39, 0.29) is 19.1 Å². The Labute approximate surface area is 194 Å². The molecular formula is C29H40O3. The molecule has 0 aliphatic rings. The van der Waals surface area contributed by atoms with Gasteiger partial charge in [-0.3, -0.25) is 0 Å². The van der Waals surface area contributed by atoms with Crippen molar-refractivity contribution in [3.8, 4) is 0 Å². The second kappa shape index (κ2) is 13.2. The minimum absolute atomic E-state index is 0.0158. The second-order valence-electron chi connectivity index (χ2n) is 9.11. The van der Waals surface area contributed by atoms with E-state index in [1.165, 1.54) is 53.5 Å². The van der Waals surface area contributed by atoms with Gasteiger partial charge in [-0.1, -0.05) is 62.7 Å². The van der Waals surface area contributed by atoms with Gasteiger partial charge in [0.05, 0.1) is 6.61 Å². The lowest BCUT2D eigenvalue weighted by Crippen LogP contribution is -2.19. The van der Waals surface area contributed by atoms with Crippen LogP contribution in [0.5, 0.6) is 0 Å². The van der Waals surface area contributed by atoms with Crippen LogP contribution in [0.15, 0.2) is 48.6 Å². The maximum Gasteiger partial charge on any atom is 0.333 e. The molecule has 0 aromatic heterocycles. The first-order chi connectivity index (χ1) is 15.3. The first-order valence-electron chi connectivity index (χ1n) is 11.9. The van der Waals surface area contributed by atoms with Crippen molar-refractivity contribution >= 4 is 5.97 Å². The van der Waals surface area contributed by atoms with Crippen LogP contribution in [-0.2, 0) is 35.2 Å². The van der Waals surface area contributed by atoms with Crippen LogP contribution in [0.2, 0.25) is 0 Å². The standard InChI is InChI=1S/C29H40O3/c1-6-7-8-9-27-13-10-24(16-22(27)4)11-14-28-15-12-25(17-23(28)5)18-26(19-30)20-32-29(31)21(2)3/h10,12-13,15-17,26,30H,2,6-9,11,14,18-20H2,1,3-5H3. The summed E-state index contributed by atoms with van der Waals surface area (Å²) in [5.74, 6) is -0.512. The molecule has 0 radical (unpaired) electrons. The summed E-state index contributed by atoms with van der Waals surface area (Å²) in [4.78, 5) is 11.6. The van der Waals surface area contributed by atoms with Gasteiger partial charge in [0, 0.05) is 18.1 Å². The van der Waals surface area contributed by atoms with Crippen molar-refractivity contribution in [2.45, 2.75) is 72.6 Å². The summed E-state index contributed by atoms with van der Waals surface area (Å²) in [6, 6.07) is 13.5. The van der Waals surface area contributed by atoms with E-state index >= 15 is 0 Å². The Balaban J connectivity index is 1.92. The number of aliphatic hydroxyl groups excluding tert-OH is 1. The molecule has 0 amide bonds. The molecule has 0 fully saturated rings. The molecule has 0 heterocycles. The first kappa shape index (κ1) is 25.9. The number of aliphatic hydroxyl groups is 1. The fraction of sp³-hybridized carbons (Fsp3) is 0.483. The average Bonchev–Trinajstić information content (AvgIpc) is 2.77. The number of hydrogen-bond acceptors (Lipinski definition) is 3. The maximum atomic E-state index is 11.6. The SMILES string of the molecule is C=C(C)C(=O)OCC(CO)Cc1ccc(CCc2ccc(CCCCC)c(C)c2)c(C)c1. The van der Waals surface area contributed by atoms with Gasteiger partial charge in [-0.25, -0.2) is 4.79 Å². The van der Waals surface area contributed by atoms with E-state index in [0.717, 1.165) is 18.4 Å². The number of hydrogen-bond donors (Lipinski definition) is 1. The molecule has 1 N–H and O–H groups in total. The predicted octanol–water partition coefficient (Wildman–Crippen LogP) is 6.09. The molecule has 0 aliphatic carbocycles. The summed E-state index contributed by atoms with van der Waals surface area (Å²) in [5, 5.41) is 9.66. The van der Waals surface area contributed by atoms with Crippen molar-refractivity contribution < 1.29 is 14.6 Å². The monoisotopic (exact) mass is 436 g/mol. The molecule has 2 aromatic carbocycles. The number of rotatable bonds is 13. The summed E-state index contributed by atoms with van der Waals surface area (Å²) in [6.07, 6.45) is 7.75. The summed E-state index contributed by atoms with van der Waals surface area (Å²) < 4.78 is 5.22. The van der Waals surface area contributed by atoms with E-state index in [2.05, 4.69) is 63.7 Å². The molecule has 32 heavy (non-hydrogen) atoms. The Kier molecular flexibility index (Phi) is 10.7. The van der Waals surface area contributed by atoms with Crippen LogP contribution >= 0.6 is 0 Å². The Morgan fingerprint density at radius 2 is 1.59 bits per heavy atom. The quantitative estimate of drug-likeness (QED) is 0.235. The van der Waals surface area contributed by atoms with Gasteiger partial charge in [0.1, 0.15) is 0 Å². The van der Waals surface area contributed by atoms with Gasteiger partial charge in [0.15, 0.2) is 0 Å². The molecule has 1 atom stereocenters. The van der Waals surface area contributed by atoms with E-state index in [0.29, 0.717) is 12.0 Å². The topological polar surface area (TPSA) is 46.5 Å². The smallest absolute Gasteiger partial charge is 0.333 e. The minimum atomic E-state index is -0.404. The van der Waals surface area contributed by atoms with Crippen LogP contribution < -0.4 is 0 Å². The molecule has 174 valence electrons. The molecule has 0 saturated heterocycles. The number of carbonyl (C=O) groups excluding carboxylic acids is 1. The minimum Gasteiger partial charge on any atom is -0.462 e. The zero-order chi connectivity index (χ0) is 23.5. The number of ether oxygens (including phenoxy) is 1. The van der Waals surface area contributed by atoms with Crippen molar-refractivity contribution in [2.75, 3.05) is 13.2 Å². The normalized spacial score (nSPS) is 11.9. The lowest BCUT2D eigenvalue weighted by molar-refractivity contribution is -0.140. The highest BCUT2D eigenvalue weighted by Crippen LogP contribution is 2.19. The van der Waals surface area contributed by atoms with Crippen LogP contribution in [0.25, 0.3) is 0 Å². The second-order valence-corrected chi connectivity index (χ2v) is 9.11. The fourth-order valence-electron chi connectivity index (χ4n) is 4.03. The Morgan fingerprint density at radius 3 is 2.19 bits per heavy atom. The van der Waals surface area contributed by atoms with Crippen molar-refractivity contribution in [3.05, 3.63) is 81.9 Å². The van der Waals surface area contributed by atoms with Crippen molar-refractivity contribution in [2.24, 2.45) is 5.92 Å². The van der Waals surface area contributed by atoms with Crippen molar-refractivity contribution in [1.29, 1.82) is 0 Å². The van der Waals surface area contributed by atoms with E-state index < -0.39 is 5.97 Å². The average molecular weight is 437 g/mol. The van der Waals surface area contributed by atoms with Crippen LogP contribution in [0.3, 0.4) is 0 Å². The number of carbonyl (C=O) groups is 1. The van der Waals surface area contributed by atoms with Gasteiger partial charge in [-0.05, 0) is 86.3 Å². The Morgan fingerprint density at radius 1 is 0.969 bits per heavy atom. The highest BCUT2D eigenvalue weighted by atomic mass is 16.5. The van der Waals surface area contributed by atoms with Gasteiger partial charge in [0.25, 0.3) is 0 Å².